The number of aromatic amines is 1. The number of benzene rings is 4. The molecule has 0 saturated carbocycles. The molecule has 0 saturated heterocycles. The average Bonchev–Trinajstić information content (AvgIpc) is 3.52. The van der Waals surface area contributed by atoms with E-state index in [0.717, 1.165) is 45.0 Å². The van der Waals surface area contributed by atoms with Gasteiger partial charge in [-0.2, -0.15) is 0 Å². The number of H-pyrrole nitrogens is 1. The predicted octanol–water partition coefficient (Wildman–Crippen LogP) is 8.12. The molecule has 2 heterocycles. The molecule has 2 aromatic heterocycles. The van der Waals surface area contributed by atoms with Gasteiger partial charge in [-0.25, -0.2) is 9.78 Å². The van der Waals surface area contributed by atoms with Crippen molar-refractivity contribution in [3.63, 3.8) is 0 Å². The van der Waals surface area contributed by atoms with E-state index in [1.54, 1.807) is 6.07 Å². The fourth-order valence-electron chi connectivity index (χ4n) is 5.20. The van der Waals surface area contributed by atoms with Gasteiger partial charge in [0.2, 0.25) is 5.88 Å². The number of pyridine rings is 1. The van der Waals surface area contributed by atoms with Crippen LogP contribution in [0.15, 0.2) is 115 Å². The van der Waals surface area contributed by atoms with E-state index < -0.39 is 5.97 Å². The number of aldehydes is 1. The number of nitrogens with zero attached hydrogens (tertiary/aromatic N) is 1. The van der Waals surface area contributed by atoms with E-state index in [1.165, 1.54) is 0 Å². The number of hydrogen-bond donors (Lipinski definition) is 1. The van der Waals surface area contributed by atoms with Crippen molar-refractivity contribution < 1.29 is 23.8 Å². The lowest BCUT2D eigenvalue weighted by Crippen LogP contribution is -2.15. The zero-order chi connectivity index (χ0) is 31.0. The van der Waals surface area contributed by atoms with Gasteiger partial charge in [-0.3, -0.25) is 4.79 Å². The van der Waals surface area contributed by atoms with Crippen molar-refractivity contribution in [2.75, 3.05) is 0 Å². The zero-order valence-electron chi connectivity index (χ0n) is 24.9. The quantitative estimate of drug-likeness (QED) is 0.113. The van der Waals surface area contributed by atoms with Crippen LogP contribution in [0.2, 0.25) is 0 Å². The van der Waals surface area contributed by atoms with E-state index in [-0.39, 0.29) is 31.3 Å². The van der Waals surface area contributed by atoms with Crippen LogP contribution in [0.1, 0.15) is 50.0 Å². The Morgan fingerprint density at radius 1 is 0.756 bits per heavy atom. The molecule has 224 valence electrons. The van der Waals surface area contributed by atoms with Crippen molar-refractivity contribution in [2.45, 2.75) is 33.2 Å². The molecule has 0 radical (unpaired) electrons. The first-order chi connectivity index (χ1) is 22.1. The van der Waals surface area contributed by atoms with Crippen LogP contribution >= 0.6 is 0 Å². The lowest BCUT2D eigenvalue weighted by molar-refractivity contribution is 0.0460. The van der Waals surface area contributed by atoms with Gasteiger partial charge in [-0.1, -0.05) is 110 Å². The summed E-state index contributed by atoms with van der Waals surface area (Å²) in [5.41, 5.74) is 6.30. The lowest BCUT2D eigenvalue weighted by Gasteiger charge is -2.21. The van der Waals surface area contributed by atoms with Crippen LogP contribution in [0.3, 0.4) is 0 Å². The van der Waals surface area contributed by atoms with Crippen molar-refractivity contribution in [1.29, 1.82) is 0 Å². The molecule has 0 aliphatic rings. The van der Waals surface area contributed by atoms with Crippen LogP contribution in [0.25, 0.3) is 22.2 Å². The number of aromatic nitrogens is 2. The number of ether oxygens (including phenoxy) is 3. The minimum Gasteiger partial charge on any atom is -0.487 e. The predicted molar refractivity (Wildman–Crippen MR) is 173 cm³/mol. The Bertz CT molecular complexity index is 1920. The second kappa shape index (κ2) is 13.7. The fraction of sp³-hybridized carbons (Fsp3) is 0.132. The summed E-state index contributed by atoms with van der Waals surface area (Å²) >= 11 is 0. The number of fused-ring (bicyclic) bond motifs is 1. The molecule has 0 bridgehead atoms. The highest BCUT2D eigenvalue weighted by atomic mass is 16.5. The van der Waals surface area contributed by atoms with Gasteiger partial charge in [0.1, 0.15) is 25.6 Å². The van der Waals surface area contributed by atoms with Crippen LogP contribution in [-0.4, -0.2) is 22.2 Å². The van der Waals surface area contributed by atoms with Crippen molar-refractivity contribution >= 4 is 23.2 Å². The second-order valence-corrected chi connectivity index (χ2v) is 10.6. The highest BCUT2D eigenvalue weighted by Gasteiger charge is 2.29. The van der Waals surface area contributed by atoms with Crippen molar-refractivity contribution in [3.05, 3.63) is 149 Å². The molecule has 0 aliphatic carbocycles. The van der Waals surface area contributed by atoms with Gasteiger partial charge in [0.05, 0.1) is 11.4 Å². The largest absolute Gasteiger partial charge is 0.487 e. The number of esters is 1. The highest BCUT2D eigenvalue weighted by Crippen LogP contribution is 2.40. The fourth-order valence-corrected chi connectivity index (χ4v) is 5.20. The van der Waals surface area contributed by atoms with Crippen LogP contribution in [0.4, 0.5) is 0 Å². The Balaban J connectivity index is 1.49. The van der Waals surface area contributed by atoms with Gasteiger partial charge in [-0.15, -0.1) is 0 Å². The molecule has 0 atom stereocenters. The summed E-state index contributed by atoms with van der Waals surface area (Å²) < 4.78 is 18.7. The zero-order valence-corrected chi connectivity index (χ0v) is 24.9. The molecule has 6 aromatic rings. The van der Waals surface area contributed by atoms with Gasteiger partial charge < -0.3 is 19.2 Å². The third kappa shape index (κ3) is 6.78. The molecule has 0 spiro atoms. The third-order valence-corrected chi connectivity index (χ3v) is 7.47. The van der Waals surface area contributed by atoms with Gasteiger partial charge >= 0.3 is 5.97 Å². The summed E-state index contributed by atoms with van der Waals surface area (Å²) in [6, 6.07) is 36.6. The van der Waals surface area contributed by atoms with Crippen LogP contribution in [0.5, 0.6) is 11.6 Å². The highest BCUT2D eigenvalue weighted by molar-refractivity contribution is 5.97. The smallest absolute Gasteiger partial charge is 0.347 e. The summed E-state index contributed by atoms with van der Waals surface area (Å²) in [6.45, 7) is 2.50. The van der Waals surface area contributed by atoms with Crippen LogP contribution in [0, 0.1) is 0 Å². The topological polar surface area (TPSA) is 90.5 Å². The van der Waals surface area contributed by atoms with E-state index in [1.807, 2.05) is 116 Å². The van der Waals surface area contributed by atoms with E-state index in [4.69, 9.17) is 19.2 Å². The first kappa shape index (κ1) is 29.4. The van der Waals surface area contributed by atoms with E-state index >= 15 is 0 Å². The third-order valence-electron chi connectivity index (χ3n) is 7.47. The minimum absolute atomic E-state index is 0.0850. The summed E-state index contributed by atoms with van der Waals surface area (Å²) in [7, 11) is 0. The Hall–Kier alpha value is -5.69. The van der Waals surface area contributed by atoms with E-state index in [0.29, 0.717) is 23.6 Å². The van der Waals surface area contributed by atoms with Gasteiger partial charge in [0.15, 0.2) is 11.8 Å². The normalized spacial score (nSPS) is 10.9. The summed E-state index contributed by atoms with van der Waals surface area (Å²) in [4.78, 5) is 33.5. The molecule has 45 heavy (non-hydrogen) atoms. The molecule has 0 amide bonds. The molecule has 0 unspecified atom stereocenters. The number of hydrogen-bond acceptors (Lipinski definition) is 6. The average molecular weight is 597 g/mol. The van der Waals surface area contributed by atoms with Crippen LogP contribution < -0.4 is 9.47 Å². The Morgan fingerprint density at radius 3 is 1.96 bits per heavy atom. The summed E-state index contributed by atoms with van der Waals surface area (Å²) in [6.07, 6.45) is 1.31. The first-order valence-corrected chi connectivity index (χ1v) is 14.8. The number of carbonyl (C=O) groups excluding carboxylic acids is 2. The minimum atomic E-state index is -0.589. The molecular formula is C38H32N2O5. The summed E-state index contributed by atoms with van der Waals surface area (Å²) in [5, 5.41) is 0.904. The van der Waals surface area contributed by atoms with Gasteiger partial charge in [0.25, 0.3) is 0 Å². The van der Waals surface area contributed by atoms with Gasteiger partial charge in [0, 0.05) is 22.0 Å². The standard InChI is InChI=1S/C38H32N2O5/c1-2-32-35(30-19-18-29-20-31(22-41)39-33(29)21-30)40-37(44-24-27-14-8-4-9-15-27)34(36(32)43-23-26-12-6-3-7-13-26)38(42)45-25-28-16-10-5-11-17-28/h3-22,39H,2,23-25H2,1H3. The summed E-state index contributed by atoms with van der Waals surface area (Å²) in [5.74, 6) is -0.103. The maximum atomic E-state index is 13.9. The molecule has 6 rings (SSSR count). The van der Waals surface area contributed by atoms with Crippen molar-refractivity contribution in [2.24, 2.45) is 0 Å². The molecule has 0 fully saturated rings. The van der Waals surface area contributed by atoms with Crippen molar-refractivity contribution in [1.82, 2.24) is 9.97 Å². The number of carbonyl (C=O) groups is 2. The van der Waals surface area contributed by atoms with Crippen LogP contribution in [-0.2, 0) is 31.0 Å². The molecule has 0 aliphatic heterocycles. The first-order valence-electron chi connectivity index (χ1n) is 14.8. The molecule has 7 nitrogen and oxygen atoms in total. The maximum absolute atomic E-state index is 13.9. The van der Waals surface area contributed by atoms with E-state index in [9.17, 15) is 9.59 Å². The van der Waals surface area contributed by atoms with Gasteiger partial charge in [-0.05, 0) is 35.2 Å². The molecule has 7 heteroatoms. The monoisotopic (exact) mass is 596 g/mol. The molecular weight excluding hydrogens is 564 g/mol. The molecule has 1 N–H and O–H groups in total. The number of nitrogens with one attached hydrogen (secondary N) is 1. The van der Waals surface area contributed by atoms with Crippen molar-refractivity contribution in [3.8, 4) is 22.9 Å². The second-order valence-electron chi connectivity index (χ2n) is 10.6. The maximum Gasteiger partial charge on any atom is 0.347 e. The van der Waals surface area contributed by atoms with E-state index in [2.05, 4.69) is 4.98 Å². The molecule has 4 aromatic carbocycles. The Labute approximate surface area is 261 Å². The Kier molecular flexibility index (Phi) is 8.97. The number of rotatable bonds is 12. The Morgan fingerprint density at radius 2 is 1.36 bits per heavy atom. The lowest BCUT2D eigenvalue weighted by atomic mass is 9.99. The SMILES string of the molecule is CCc1c(-c2ccc3cc(C=O)[nH]c3c2)nc(OCc2ccccc2)c(C(=O)OCc2ccccc2)c1OCc1ccccc1.